The van der Waals surface area contributed by atoms with Gasteiger partial charge in [-0.3, -0.25) is 4.79 Å². The Morgan fingerprint density at radius 2 is 1.80 bits per heavy atom. The maximum Gasteiger partial charge on any atom is 0.300 e. The normalized spacial score (nSPS) is 5.00. The first-order valence-corrected chi connectivity index (χ1v) is 0.928. The van der Waals surface area contributed by atoms with Crippen LogP contribution < -0.4 is 0 Å². The maximum atomic E-state index is 9.00. The van der Waals surface area contributed by atoms with Crippen LogP contribution >= 0.6 is 0 Å². The van der Waals surface area contributed by atoms with Gasteiger partial charge in [-0.15, -0.1) is 0 Å². The van der Waals surface area contributed by atoms with Crippen molar-refractivity contribution in [2.24, 2.45) is 0 Å². The number of carboxylic acids is 1. The molecule has 0 atom stereocenters. The smallest absolute Gasteiger partial charge is 0.300 e. The van der Waals surface area contributed by atoms with Crippen LogP contribution in [0.4, 0.5) is 0 Å². The molecule has 0 aromatic heterocycles. The highest BCUT2D eigenvalue weighted by atomic mass is 16.4. The fourth-order valence-corrected chi connectivity index (χ4v) is 0. The topological polar surface area (TPSA) is 37.3 Å². The van der Waals surface area contributed by atoms with E-state index in [1.54, 1.807) is 0 Å². The van der Waals surface area contributed by atoms with Crippen molar-refractivity contribution in [2.45, 2.75) is 6.92 Å². The molecule has 1 N–H and O–H groups in total. The summed E-state index contributed by atoms with van der Waals surface area (Å²) in [7, 11) is 0. The van der Waals surface area contributed by atoms with Gasteiger partial charge in [0.15, 0.2) is 0 Å². The molecule has 0 bridgehead atoms. The van der Waals surface area contributed by atoms with E-state index in [2.05, 4.69) is 0 Å². The van der Waals surface area contributed by atoms with Crippen LogP contribution in [0.15, 0.2) is 0 Å². The lowest BCUT2D eigenvalue weighted by Crippen LogP contribution is -1.78. The van der Waals surface area contributed by atoms with Gasteiger partial charge in [-0.05, 0) is 0 Å². The average Bonchev–Trinajstić information content (AvgIpc) is 0.811. The summed E-state index contributed by atoms with van der Waals surface area (Å²) < 4.78 is 0. The molecular weight excluding hydrogens is 68.0 g/mol. The van der Waals surface area contributed by atoms with Crippen LogP contribution in [-0.2, 0) is 4.79 Å². The zero-order valence-electron chi connectivity index (χ0n) is 2.86. The van der Waals surface area contributed by atoms with Gasteiger partial charge < -0.3 is 5.11 Å². The fourth-order valence-electron chi connectivity index (χ4n) is 0. The molecule has 0 amide bonds. The van der Waals surface area contributed by atoms with Crippen LogP contribution in [0.1, 0.15) is 6.92 Å². The van der Waals surface area contributed by atoms with Gasteiger partial charge >= 0.3 is 0 Å². The summed E-state index contributed by atoms with van der Waals surface area (Å²) in [5.74, 6) is -0.833. The van der Waals surface area contributed by atoms with Crippen molar-refractivity contribution in [2.75, 3.05) is 0 Å². The molecule has 28 valence electrons. The molecule has 0 aliphatic rings. The Labute approximate surface area is 31.4 Å². The first kappa shape index (κ1) is 8.82. The molecule has 0 unspecified atom stereocenters. The Kier molecular flexibility index (Phi) is 6.12. The van der Waals surface area contributed by atoms with Crippen molar-refractivity contribution in [1.82, 2.24) is 0 Å². The molecule has 5 heavy (non-hydrogen) atoms. The summed E-state index contributed by atoms with van der Waals surface area (Å²) in [4.78, 5) is 9.00. The number of rotatable bonds is 0. The van der Waals surface area contributed by atoms with E-state index in [1.165, 1.54) is 0 Å². The van der Waals surface area contributed by atoms with Crippen LogP contribution in [0.25, 0.3) is 0 Å². The minimum Gasteiger partial charge on any atom is -0.481 e. The second-order valence-corrected chi connectivity index (χ2v) is 0.519. The Hall–Kier alpha value is -0.530. The summed E-state index contributed by atoms with van der Waals surface area (Å²) in [6, 6.07) is 0. The predicted octanol–water partition coefficient (Wildman–Crippen LogP) is 0.172. The standard InChI is InChI=1S/C2H4O2.C/c1-2(3)4;/h1H3,(H,3,4);. The molecule has 0 aromatic carbocycles. The maximum absolute atomic E-state index is 9.00. The largest absolute Gasteiger partial charge is 0.481 e. The highest BCUT2D eigenvalue weighted by molar-refractivity contribution is 5.62. The zero-order chi connectivity index (χ0) is 3.58. The van der Waals surface area contributed by atoms with Gasteiger partial charge in [-0.1, -0.05) is 0 Å². The molecule has 0 aliphatic heterocycles. The van der Waals surface area contributed by atoms with Crippen molar-refractivity contribution in [3.8, 4) is 0 Å². The Balaban J connectivity index is 0. The predicted molar refractivity (Wildman–Crippen MR) is 16.6 cm³/mol. The highest BCUT2D eigenvalue weighted by Gasteiger charge is 1.65. The SMILES string of the molecule is CC(=O)O.[C]. The van der Waals surface area contributed by atoms with Crippen LogP contribution in [0.2, 0.25) is 0 Å². The van der Waals surface area contributed by atoms with Crippen LogP contribution in [-0.4, -0.2) is 11.1 Å². The first-order valence-electron chi connectivity index (χ1n) is 0.928. The fraction of sp³-hybridized carbons (Fsp3) is 0.333. The third-order valence-electron chi connectivity index (χ3n) is 0. The lowest BCUT2D eigenvalue weighted by atomic mass is 10.9. The second kappa shape index (κ2) is 3.47. The third-order valence-corrected chi connectivity index (χ3v) is 0. The van der Waals surface area contributed by atoms with Crippen molar-refractivity contribution >= 4 is 5.97 Å². The molecule has 4 radical (unpaired) electrons. The lowest BCUT2D eigenvalue weighted by Gasteiger charge is -1.59. The average molecular weight is 72.1 g/mol. The monoisotopic (exact) mass is 72.0 g/mol. The van der Waals surface area contributed by atoms with Gasteiger partial charge in [-0.2, -0.15) is 0 Å². The molecule has 0 fully saturated rings. The summed E-state index contributed by atoms with van der Waals surface area (Å²) in [6.07, 6.45) is 0. The van der Waals surface area contributed by atoms with Gasteiger partial charge in [0.25, 0.3) is 5.97 Å². The summed E-state index contributed by atoms with van der Waals surface area (Å²) in [5.41, 5.74) is 0. The number of hydrogen-bond acceptors (Lipinski definition) is 1. The van der Waals surface area contributed by atoms with Crippen molar-refractivity contribution in [3.05, 3.63) is 7.43 Å². The molecule has 0 aliphatic carbocycles. The van der Waals surface area contributed by atoms with Gasteiger partial charge in [-0.25, -0.2) is 0 Å². The van der Waals surface area contributed by atoms with E-state index in [0.717, 1.165) is 6.92 Å². The van der Waals surface area contributed by atoms with Crippen LogP contribution in [0.3, 0.4) is 0 Å². The zero-order valence-corrected chi connectivity index (χ0v) is 2.86. The molecule has 0 aromatic rings. The Morgan fingerprint density at radius 1 is 1.80 bits per heavy atom. The summed E-state index contributed by atoms with van der Waals surface area (Å²) in [5, 5.41) is 7.42. The molecule has 0 heterocycles. The van der Waals surface area contributed by atoms with E-state index in [9.17, 15) is 0 Å². The quantitative estimate of drug-likeness (QED) is 0.443. The Bertz CT molecular complexity index is 27.9. The molecule has 0 saturated carbocycles. The Morgan fingerprint density at radius 3 is 1.80 bits per heavy atom. The van der Waals surface area contributed by atoms with Gasteiger partial charge in [0.2, 0.25) is 0 Å². The number of carboxylic acid groups (broad SMARTS) is 1. The van der Waals surface area contributed by atoms with E-state index in [0.29, 0.717) is 0 Å². The van der Waals surface area contributed by atoms with Gasteiger partial charge in [0.05, 0.1) is 0 Å². The lowest BCUT2D eigenvalue weighted by molar-refractivity contribution is -0.134. The third kappa shape index (κ3) is 26.7. The van der Waals surface area contributed by atoms with Gasteiger partial charge in [0.1, 0.15) is 0 Å². The molecule has 0 saturated heterocycles. The van der Waals surface area contributed by atoms with E-state index >= 15 is 0 Å². The molecular formula is C3H4O2. The first-order chi connectivity index (χ1) is 1.73. The molecule has 2 nitrogen and oxygen atoms in total. The molecule has 0 spiro atoms. The van der Waals surface area contributed by atoms with Crippen molar-refractivity contribution in [3.63, 3.8) is 0 Å². The van der Waals surface area contributed by atoms with Crippen molar-refractivity contribution < 1.29 is 9.90 Å². The van der Waals surface area contributed by atoms with E-state index in [4.69, 9.17) is 9.90 Å². The minimum atomic E-state index is -0.833. The van der Waals surface area contributed by atoms with E-state index < -0.39 is 5.97 Å². The number of carbonyl (C=O) groups is 1. The van der Waals surface area contributed by atoms with E-state index in [-0.39, 0.29) is 7.43 Å². The van der Waals surface area contributed by atoms with Gasteiger partial charge in [0, 0.05) is 14.4 Å². The van der Waals surface area contributed by atoms with Crippen molar-refractivity contribution in [1.29, 1.82) is 0 Å². The minimum absolute atomic E-state index is 0. The highest BCUT2D eigenvalue weighted by Crippen LogP contribution is 1.42. The van der Waals surface area contributed by atoms with Crippen LogP contribution in [0.5, 0.6) is 0 Å². The second-order valence-electron chi connectivity index (χ2n) is 0.519. The summed E-state index contributed by atoms with van der Waals surface area (Å²) >= 11 is 0. The molecule has 2 heteroatoms. The number of aliphatic carboxylic acids is 1. The summed E-state index contributed by atoms with van der Waals surface area (Å²) in [6.45, 7) is 1.08. The van der Waals surface area contributed by atoms with Crippen LogP contribution in [0, 0.1) is 7.43 Å². The van der Waals surface area contributed by atoms with E-state index in [1.807, 2.05) is 0 Å². The molecule has 0 rings (SSSR count). The number of hydrogen-bond donors (Lipinski definition) is 1.